The van der Waals surface area contributed by atoms with Crippen molar-refractivity contribution in [2.24, 2.45) is 0 Å². The van der Waals surface area contributed by atoms with E-state index in [-0.39, 0.29) is 5.91 Å². The number of carbonyl (C=O) groups excluding carboxylic acids is 1. The lowest BCUT2D eigenvalue weighted by Crippen LogP contribution is -2.37. The summed E-state index contributed by atoms with van der Waals surface area (Å²) in [6, 6.07) is 1.84. The number of carbonyl (C=O) groups is 1. The molecule has 0 fully saturated rings. The van der Waals surface area contributed by atoms with Gasteiger partial charge < -0.3 is 15.5 Å². The lowest BCUT2D eigenvalue weighted by atomic mass is 10.3. The van der Waals surface area contributed by atoms with Crippen LogP contribution in [0.3, 0.4) is 0 Å². The summed E-state index contributed by atoms with van der Waals surface area (Å²) in [6.45, 7) is 3.24. The summed E-state index contributed by atoms with van der Waals surface area (Å²) in [5.74, 6) is 0.0703. The molecule has 1 heterocycles. The van der Waals surface area contributed by atoms with E-state index in [4.69, 9.17) is 5.73 Å². The van der Waals surface area contributed by atoms with Gasteiger partial charge in [-0.1, -0.05) is 6.92 Å². The predicted octanol–water partition coefficient (Wildman–Crippen LogP) is 0.968. The maximum atomic E-state index is 11.7. The van der Waals surface area contributed by atoms with Crippen LogP contribution in [0.4, 0.5) is 11.4 Å². The molecule has 1 rings (SSSR count). The Kier molecular flexibility index (Phi) is 4.75. The molecule has 0 spiro atoms. The van der Waals surface area contributed by atoms with Crippen LogP contribution in [-0.4, -0.2) is 43.0 Å². The van der Waals surface area contributed by atoms with Crippen molar-refractivity contribution in [1.29, 1.82) is 0 Å². The summed E-state index contributed by atoms with van der Waals surface area (Å²) in [5, 5.41) is 0. The Labute approximate surface area is 102 Å². The number of nitrogens with zero attached hydrogens (tertiary/aromatic N) is 3. The SMILES string of the molecule is CCCN(CC(=O)N(C)C)c1cncc(N)c1. The van der Waals surface area contributed by atoms with Crippen molar-refractivity contribution in [2.75, 3.05) is 37.8 Å². The molecule has 17 heavy (non-hydrogen) atoms. The van der Waals surface area contributed by atoms with E-state index < -0.39 is 0 Å². The standard InChI is InChI=1S/C12H20N4O/c1-4-5-16(9-12(17)15(2)3)11-6-10(13)7-14-8-11/h6-8H,4-5,9,13H2,1-3H3. The minimum Gasteiger partial charge on any atom is -0.397 e. The van der Waals surface area contributed by atoms with E-state index in [2.05, 4.69) is 11.9 Å². The first-order valence-corrected chi connectivity index (χ1v) is 5.70. The molecule has 0 aliphatic rings. The third kappa shape index (κ3) is 3.94. The maximum Gasteiger partial charge on any atom is 0.241 e. The van der Waals surface area contributed by atoms with Gasteiger partial charge in [0.2, 0.25) is 5.91 Å². The fourth-order valence-electron chi connectivity index (χ4n) is 1.49. The quantitative estimate of drug-likeness (QED) is 0.827. The molecule has 0 radical (unpaired) electrons. The first-order chi connectivity index (χ1) is 8.04. The number of amides is 1. The van der Waals surface area contributed by atoms with E-state index in [9.17, 15) is 4.79 Å². The van der Waals surface area contributed by atoms with Crippen molar-refractivity contribution in [3.8, 4) is 0 Å². The highest BCUT2D eigenvalue weighted by atomic mass is 16.2. The van der Waals surface area contributed by atoms with E-state index in [1.807, 2.05) is 11.0 Å². The van der Waals surface area contributed by atoms with Crippen LogP contribution in [-0.2, 0) is 4.79 Å². The van der Waals surface area contributed by atoms with Gasteiger partial charge in [-0.25, -0.2) is 0 Å². The highest BCUT2D eigenvalue weighted by Crippen LogP contribution is 2.16. The van der Waals surface area contributed by atoms with Crippen LogP contribution in [0.5, 0.6) is 0 Å². The lowest BCUT2D eigenvalue weighted by molar-refractivity contribution is -0.127. The van der Waals surface area contributed by atoms with Gasteiger partial charge in [-0.05, 0) is 12.5 Å². The molecule has 94 valence electrons. The summed E-state index contributed by atoms with van der Waals surface area (Å²) in [4.78, 5) is 19.3. The molecule has 1 aromatic rings. The Bertz CT molecular complexity index is 379. The van der Waals surface area contributed by atoms with Gasteiger partial charge in [0.05, 0.1) is 24.1 Å². The Morgan fingerprint density at radius 3 is 2.65 bits per heavy atom. The molecule has 0 aliphatic heterocycles. The number of nitrogens with two attached hydrogens (primary N) is 1. The average molecular weight is 236 g/mol. The van der Waals surface area contributed by atoms with Gasteiger partial charge in [-0.3, -0.25) is 9.78 Å². The van der Waals surface area contributed by atoms with Crippen LogP contribution in [0, 0.1) is 0 Å². The van der Waals surface area contributed by atoms with Crippen molar-refractivity contribution in [3.05, 3.63) is 18.5 Å². The van der Waals surface area contributed by atoms with E-state index in [0.717, 1.165) is 18.7 Å². The number of anilines is 2. The van der Waals surface area contributed by atoms with Gasteiger partial charge in [-0.15, -0.1) is 0 Å². The van der Waals surface area contributed by atoms with Crippen LogP contribution in [0.25, 0.3) is 0 Å². The highest BCUT2D eigenvalue weighted by Gasteiger charge is 2.12. The van der Waals surface area contributed by atoms with Gasteiger partial charge in [-0.2, -0.15) is 0 Å². The second-order valence-corrected chi connectivity index (χ2v) is 4.19. The third-order valence-corrected chi connectivity index (χ3v) is 2.43. The number of rotatable bonds is 5. The molecular formula is C12H20N4O. The number of hydrogen-bond donors (Lipinski definition) is 1. The van der Waals surface area contributed by atoms with Gasteiger partial charge in [0.25, 0.3) is 0 Å². The van der Waals surface area contributed by atoms with E-state index in [1.165, 1.54) is 0 Å². The summed E-state index contributed by atoms with van der Waals surface area (Å²) < 4.78 is 0. The molecule has 1 aromatic heterocycles. The van der Waals surface area contributed by atoms with Gasteiger partial charge in [0.15, 0.2) is 0 Å². The van der Waals surface area contributed by atoms with Crippen molar-refractivity contribution < 1.29 is 4.79 Å². The van der Waals surface area contributed by atoms with Gasteiger partial charge in [0.1, 0.15) is 0 Å². The van der Waals surface area contributed by atoms with E-state index in [1.54, 1.807) is 31.4 Å². The zero-order valence-electron chi connectivity index (χ0n) is 10.7. The molecule has 5 nitrogen and oxygen atoms in total. The summed E-state index contributed by atoms with van der Waals surface area (Å²) in [6.07, 6.45) is 4.30. The molecule has 0 atom stereocenters. The normalized spacial score (nSPS) is 10.1. The van der Waals surface area contributed by atoms with Crippen LogP contribution in [0.2, 0.25) is 0 Å². The molecular weight excluding hydrogens is 216 g/mol. The summed E-state index contributed by atoms with van der Waals surface area (Å²) in [7, 11) is 3.51. The third-order valence-electron chi connectivity index (χ3n) is 2.43. The van der Waals surface area contributed by atoms with E-state index in [0.29, 0.717) is 12.2 Å². The van der Waals surface area contributed by atoms with Gasteiger partial charge >= 0.3 is 0 Å². The number of nitrogen functional groups attached to an aromatic ring is 1. The number of hydrogen-bond acceptors (Lipinski definition) is 4. The molecule has 1 amide bonds. The second-order valence-electron chi connectivity index (χ2n) is 4.19. The maximum absolute atomic E-state index is 11.7. The highest BCUT2D eigenvalue weighted by molar-refractivity contribution is 5.81. The molecule has 2 N–H and O–H groups in total. The Balaban J connectivity index is 2.82. The number of aromatic nitrogens is 1. The monoisotopic (exact) mass is 236 g/mol. The average Bonchev–Trinajstić information content (AvgIpc) is 2.28. The fraction of sp³-hybridized carbons (Fsp3) is 0.500. The van der Waals surface area contributed by atoms with Crippen LogP contribution in [0.1, 0.15) is 13.3 Å². The smallest absolute Gasteiger partial charge is 0.241 e. The molecule has 0 saturated heterocycles. The van der Waals surface area contributed by atoms with Crippen molar-refractivity contribution in [1.82, 2.24) is 9.88 Å². The first kappa shape index (κ1) is 13.3. The predicted molar refractivity (Wildman–Crippen MR) is 69.8 cm³/mol. The largest absolute Gasteiger partial charge is 0.397 e. The molecule has 0 bridgehead atoms. The van der Waals surface area contributed by atoms with E-state index >= 15 is 0 Å². The minimum atomic E-state index is 0.0703. The Morgan fingerprint density at radius 1 is 1.41 bits per heavy atom. The van der Waals surface area contributed by atoms with Crippen LogP contribution in [0.15, 0.2) is 18.5 Å². The second kappa shape index (κ2) is 6.08. The lowest BCUT2D eigenvalue weighted by Gasteiger charge is -2.25. The van der Waals surface area contributed by atoms with Crippen molar-refractivity contribution in [2.45, 2.75) is 13.3 Å². The fourth-order valence-corrected chi connectivity index (χ4v) is 1.49. The van der Waals surface area contributed by atoms with Gasteiger partial charge in [0, 0.05) is 26.8 Å². The topological polar surface area (TPSA) is 62.5 Å². The number of likely N-dealkylation sites (N-methyl/N-ethyl adjacent to an activating group) is 1. The summed E-state index contributed by atoms with van der Waals surface area (Å²) in [5.41, 5.74) is 7.20. The molecule has 0 unspecified atom stereocenters. The van der Waals surface area contributed by atoms with Crippen molar-refractivity contribution >= 4 is 17.3 Å². The van der Waals surface area contributed by atoms with Crippen molar-refractivity contribution in [3.63, 3.8) is 0 Å². The zero-order chi connectivity index (χ0) is 12.8. The molecule has 5 heteroatoms. The Hall–Kier alpha value is -1.78. The molecule has 0 saturated carbocycles. The summed E-state index contributed by atoms with van der Waals surface area (Å²) >= 11 is 0. The number of pyridine rings is 1. The Morgan fingerprint density at radius 2 is 2.12 bits per heavy atom. The van der Waals surface area contributed by atoms with Crippen LogP contribution >= 0.6 is 0 Å². The minimum absolute atomic E-state index is 0.0703. The molecule has 0 aromatic carbocycles. The first-order valence-electron chi connectivity index (χ1n) is 5.70. The van der Waals surface area contributed by atoms with Crippen LogP contribution < -0.4 is 10.6 Å². The zero-order valence-corrected chi connectivity index (χ0v) is 10.7. The molecule has 0 aliphatic carbocycles.